The molecule has 16 heteroatoms. The number of benzene rings is 8. The number of carbonyl (C=O) groups excluding carboxylic acids is 1. The molecule has 15 rings (SSSR count). The standard InChI is InChI=1S/C17H26N2O.C15H24N2O.2C15H23N.C14H19N3.C14H22N2O.C13H19N.C13H21N/c1-4-5-17(20)19-12-10-18(11-13-19)16-8-6-15(7-9-16)14(2)3;1-13(2)14-3-5-15(6-4-14)17-9-7-16(8-10-17)11-12-18;1-12(2)14-4-6-15(7-5-14)16-10-8-13(3)9-11-16;1-11(2)14-4-5-15(12(3)10-14)13-6-8-16-9-7-13;1-11(2)12-3-4-14(13(9-12)10-15)17-7-5-16-6-8-17;1-11(2)12-4-5-13(14(10-12)17-3)16-8-6-15-7-9-16;1-11(2)12-5-7-13(8-6-12)14-9-3-4-10-14;1-11(2)13-8-6-12(7-9-13)5-4-10-14-3/h6-9,14H,4-5,10-13H2,1-3H3;3-6,13,18H,7-12H2,1-2H3;4-7,12-13H,8-11H2,1-3H3;4-5,10-11,13,16H,6-9H2,1-3H3;3-4,9,11,16H,5-8H2,1-2H3;4-5,10-11,15H,6-9H2,1-3H3;5-8,11H,3-4,9-10H2,1-2H3;6-9,11,14H,4-5,10H2,1-3H3. The number of nitriles is 1. The number of hydrogen-bond acceptors (Lipinski definition) is 15. The van der Waals surface area contributed by atoms with Gasteiger partial charge in [-0.1, -0.05) is 228 Å². The van der Waals surface area contributed by atoms with E-state index >= 15 is 0 Å². The van der Waals surface area contributed by atoms with Crippen molar-refractivity contribution in [1.29, 1.82) is 5.26 Å². The van der Waals surface area contributed by atoms with Crippen LogP contribution in [-0.2, 0) is 11.2 Å². The van der Waals surface area contributed by atoms with Gasteiger partial charge in [0.15, 0.2) is 0 Å². The Balaban J connectivity index is 0.000000186. The molecule has 8 aromatic carbocycles. The maximum Gasteiger partial charge on any atom is 0.222 e. The Labute approximate surface area is 802 Å². The van der Waals surface area contributed by atoms with E-state index in [9.17, 15) is 10.1 Å². The van der Waals surface area contributed by atoms with Crippen LogP contribution in [0.3, 0.4) is 0 Å². The number of nitrogens with zero attached hydrogens (tertiary/aromatic N) is 9. The monoisotopic (exact) mass is 1800 g/mol. The summed E-state index contributed by atoms with van der Waals surface area (Å²) in [5.41, 5.74) is 24.1. The van der Waals surface area contributed by atoms with Gasteiger partial charge in [-0.2, -0.15) is 5.26 Å². The minimum absolute atomic E-state index is 0.267. The van der Waals surface area contributed by atoms with Gasteiger partial charge in [-0.25, -0.2) is 0 Å². The molecule has 0 radical (unpaired) electrons. The van der Waals surface area contributed by atoms with E-state index in [0.717, 1.165) is 153 Å². The minimum Gasteiger partial charge on any atom is -0.495 e. The summed E-state index contributed by atoms with van der Waals surface area (Å²) >= 11 is 0. The Morgan fingerprint density at radius 1 is 0.432 bits per heavy atom. The molecule has 7 fully saturated rings. The van der Waals surface area contributed by atoms with Crippen molar-refractivity contribution in [3.63, 3.8) is 0 Å². The third-order valence-corrected chi connectivity index (χ3v) is 27.3. The van der Waals surface area contributed by atoms with Crippen molar-refractivity contribution in [3.8, 4) is 11.8 Å². The summed E-state index contributed by atoms with van der Waals surface area (Å²) in [4.78, 5) is 30.7. The SMILES string of the molecule is CC(C)c1ccc(N2CCCC2)cc1.CC(C)c1ccc(N2CCN(CCO)CC2)cc1.CC(C)c1ccc(N2CCNCC2)c(C#N)c1.CC1CCN(c2ccc(C(C)C)cc2)CC1.CCCC(=O)N1CCN(c2ccc(C(C)C)cc2)CC1.CNCCCc1ccc(C(C)C)cc1.COc1cc(C(C)C)ccc1N1CCNCC1.Cc1cc(C(C)C)ccc1C1CCNCC1. The highest BCUT2D eigenvalue weighted by Gasteiger charge is 2.25. The third-order valence-electron chi connectivity index (χ3n) is 27.3. The van der Waals surface area contributed by atoms with Crippen molar-refractivity contribution in [1.82, 2.24) is 31.1 Å². The third kappa shape index (κ3) is 36.0. The number of amides is 1. The summed E-state index contributed by atoms with van der Waals surface area (Å²) in [6.45, 7) is 67.7. The quantitative estimate of drug-likeness (QED) is 0.0366. The van der Waals surface area contributed by atoms with Crippen LogP contribution in [0.1, 0.15) is 302 Å². The van der Waals surface area contributed by atoms with E-state index in [-0.39, 0.29) is 6.61 Å². The van der Waals surface area contributed by atoms with Crippen LogP contribution in [0.2, 0.25) is 0 Å². The van der Waals surface area contributed by atoms with Crippen LogP contribution in [0, 0.1) is 24.2 Å². The van der Waals surface area contributed by atoms with Gasteiger partial charge in [-0.05, 0) is 285 Å². The fourth-order valence-electron chi connectivity index (χ4n) is 18.1. The molecule has 7 heterocycles. The number of aliphatic hydroxyl groups excluding tert-OH is 1. The number of aryl methyl sites for hydroxylation is 2. The molecule has 0 atom stereocenters. The highest BCUT2D eigenvalue weighted by atomic mass is 16.5. The molecule has 0 unspecified atom stereocenters. The van der Waals surface area contributed by atoms with Crippen LogP contribution < -0.4 is 55.4 Å². The zero-order valence-electron chi connectivity index (χ0n) is 86.1. The second kappa shape index (κ2) is 58.4. The maximum absolute atomic E-state index is 11.9. The van der Waals surface area contributed by atoms with Gasteiger partial charge in [0.1, 0.15) is 11.8 Å². The van der Waals surface area contributed by atoms with E-state index in [1.165, 1.54) is 175 Å². The number of β-amino-alcohol motifs (C(OH)–C–C–N with tert-alkyl or cyclic N) is 1. The second-order valence-electron chi connectivity index (χ2n) is 40.0. The average molecular weight is 1800 g/mol. The van der Waals surface area contributed by atoms with Gasteiger partial charge in [-0.3, -0.25) is 9.69 Å². The number of aliphatic hydroxyl groups is 1. The predicted octanol–water partition coefficient (Wildman–Crippen LogP) is 23.5. The minimum atomic E-state index is 0.267. The molecule has 0 aliphatic carbocycles. The molecule has 16 nitrogen and oxygen atoms in total. The Hall–Kier alpha value is -8.92. The first-order chi connectivity index (χ1) is 63.6. The Morgan fingerprint density at radius 2 is 0.795 bits per heavy atom. The smallest absolute Gasteiger partial charge is 0.222 e. The highest BCUT2D eigenvalue weighted by molar-refractivity contribution is 5.76. The maximum atomic E-state index is 11.9. The molecular formula is C116H177N13O3. The number of anilines is 6. The van der Waals surface area contributed by atoms with Crippen molar-refractivity contribution in [2.24, 2.45) is 5.92 Å². The summed E-state index contributed by atoms with van der Waals surface area (Å²) in [5, 5.41) is 31.5. The van der Waals surface area contributed by atoms with Gasteiger partial charge in [0, 0.05) is 167 Å². The fourth-order valence-corrected chi connectivity index (χ4v) is 18.1. The summed E-state index contributed by atoms with van der Waals surface area (Å²) in [6.07, 6.45) is 12.0. The van der Waals surface area contributed by atoms with E-state index in [1.807, 2.05) is 18.0 Å². The lowest BCUT2D eigenvalue weighted by atomic mass is 9.86. The Morgan fingerprint density at radius 3 is 1.19 bits per heavy atom. The lowest BCUT2D eigenvalue weighted by Gasteiger charge is -2.36. The molecule has 0 spiro atoms. The zero-order chi connectivity index (χ0) is 95.4. The molecular weight excluding hydrogens is 1620 g/mol. The normalized spacial score (nSPS) is 16.2. The molecule has 724 valence electrons. The molecule has 0 saturated carbocycles. The van der Waals surface area contributed by atoms with Gasteiger partial charge in [0.25, 0.3) is 0 Å². The first kappa shape index (κ1) is 108. The van der Waals surface area contributed by atoms with Gasteiger partial charge in [0.2, 0.25) is 5.91 Å². The molecule has 0 aromatic heterocycles. The number of nitrogens with one attached hydrogen (secondary N) is 4. The largest absolute Gasteiger partial charge is 0.495 e. The van der Waals surface area contributed by atoms with Crippen LogP contribution in [0.25, 0.3) is 0 Å². The van der Waals surface area contributed by atoms with Crippen LogP contribution in [0.15, 0.2) is 176 Å². The lowest BCUT2D eigenvalue weighted by molar-refractivity contribution is -0.131. The summed E-state index contributed by atoms with van der Waals surface area (Å²) in [6, 6.07) is 67.2. The Kier molecular flexibility index (Phi) is 48.0. The number of methoxy groups -OCH3 is 1. The topological polar surface area (TPSA) is 144 Å². The van der Waals surface area contributed by atoms with Crippen LogP contribution in [-0.4, -0.2) is 199 Å². The molecule has 0 bridgehead atoms. The molecule has 8 aromatic rings. The van der Waals surface area contributed by atoms with Gasteiger partial charge < -0.3 is 65.4 Å². The van der Waals surface area contributed by atoms with E-state index in [4.69, 9.17) is 9.84 Å². The summed E-state index contributed by atoms with van der Waals surface area (Å²) < 4.78 is 5.53. The number of hydrogen-bond donors (Lipinski definition) is 5. The van der Waals surface area contributed by atoms with Gasteiger partial charge in [0.05, 0.1) is 30.7 Å². The molecule has 132 heavy (non-hydrogen) atoms. The van der Waals surface area contributed by atoms with Crippen molar-refractivity contribution < 1.29 is 14.6 Å². The van der Waals surface area contributed by atoms with Gasteiger partial charge in [-0.15, -0.1) is 0 Å². The summed E-state index contributed by atoms with van der Waals surface area (Å²) in [7, 11) is 3.76. The summed E-state index contributed by atoms with van der Waals surface area (Å²) in [5.74, 6) is 7.74. The molecule has 7 aliphatic heterocycles. The van der Waals surface area contributed by atoms with E-state index in [2.05, 4.69) is 363 Å². The van der Waals surface area contributed by atoms with Gasteiger partial charge >= 0.3 is 0 Å². The van der Waals surface area contributed by atoms with E-state index < -0.39 is 0 Å². The molecule has 1 amide bonds. The van der Waals surface area contributed by atoms with Crippen molar-refractivity contribution in [2.45, 2.75) is 249 Å². The lowest BCUT2D eigenvalue weighted by Crippen LogP contribution is -2.48. The fraction of sp³-hybridized carbons (Fsp3) is 0.569. The molecule has 7 aliphatic rings. The number of ether oxygens (including phenoxy) is 1. The number of piperidine rings is 2. The molecule has 5 N–H and O–H groups in total. The number of piperazine rings is 4. The second-order valence-corrected chi connectivity index (χ2v) is 40.0. The van der Waals surface area contributed by atoms with Crippen LogP contribution >= 0.6 is 0 Å². The number of carbonyl (C=O) groups is 1. The first-order valence-corrected chi connectivity index (χ1v) is 51.3. The zero-order valence-corrected chi connectivity index (χ0v) is 86.1. The predicted molar refractivity (Wildman–Crippen MR) is 569 cm³/mol. The highest BCUT2D eigenvalue weighted by Crippen LogP contribution is 2.35. The average Bonchev–Trinajstić information content (AvgIpc) is 0.845. The van der Waals surface area contributed by atoms with Crippen molar-refractivity contribution in [3.05, 3.63) is 243 Å². The van der Waals surface area contributed by atoms with Crippen molar-refractivity contribution >= 4 is 40.0 Å². The molecule has 7 saturated heterocycles. The van der Waals surface area contributed by atoms with E-state index in [0.29, 0.717) is 59.7 Å². The van der Waals surface area contributed by atoms with Crippen molar-refractivity contribution in [2.75, 3.05) is 207 Å². The first-order valence-electron chi connectivity index (χ1n) is 51.3. The van der Waals surface area contributed by atoms with Crippen LogP contribution in [0.5, 0.6) is 5.75 Å². The number of rotatable bonds is 24. The Bertz CT molecular complexity index is 4510. The van der Waals surface area contributed by atoms with Crippen LogP contribution in [0.4, 0.5) is 34.1 Å². The van der Waals surface area contributed by atoms with E-state index in [1.54, 1.807) is 12.7 Å².